The summed E-state index contributed by atoms with van der Waals surface area (Å²) in [6, 6.07) is 0. The predicted octanol–water partition coefficient (Wildman–Crippen LogP) is 2.85. The zero-order valence-corrected chi connectivity index (χ0v) is 13.5. The lowest BCUT2D eigenvalue weighted by atomic mass is 10.4. The predicted molar refractivity (Wildman–Crippen MR) is 82.6 cm³/mol. The molecule has 0 aliphatic carbocycles. The van der Waals surface area contributed by atoms with Crippen LogP contribution in [0.3, 0.4) is 0 Å². The lowest BCUT2D eigenvalue weighted by Gasteiger charge is -2.07. The molecule has 104 valence electrons. The molecule has 0 aliphatic rings. The fourth-order valence-electron chi connectivity index (χ4n) is 1.18. The second-order valence-corrected chi connectivity index (χ2v) is 9.54. The minimum Gasteiger partial charge on any atom is -0.605 e. The average molecular weight is 308 g/mol. The molecule has 0 amide bonds. The van der Waals surface area contributed by atoms with Gasteiger partial charge in [0.05, 0.1) is 11.5 Å². The summed E-state index contributed by atoms with van der Waals surface area (Å²) in [6.45, 7) is 12.5. The van der Waals surface area contributed by atoms with Crippen LogP contribution in [0.4, 0.5) is 0 Å². The molecule has 1 atom stereocenters. The largest absolute Gasteiger partial charge is 0.605 e. The highest BCUT2D eigenvalue weighted by Crippen LogP contribution is 2.19. The molecule has 1 unspecified atom stereocenters. The van der Waals surface area contributed by atoms with Crippen molar-refractivity contribution in [2.45, 2.75) is 20.8 Å². The van der Waals surface area contributed by atoms with Crippen LogP contribution in [0.5, 0.6) is 0 Å². The number of sulfone groups is 1. The van der Waals surface area contributed by atoms with Gasteiger partial charge in [-0.1, -0.05) is 18.7 Å². The molecular formula is C12H20O3S3. The molecule has 0 fully saturated rings. The summed E-state index contributed by atoms with van der Waals surface area (Å²) in [5.74, 6) is 0.405. The molecular weight excluding hydrogens is 288 g/mol. The van der Waals surface area contributed by atoms with Crippen LogP contribution in [0.2, 0.25) is 0 Å². The van der Waals surface area contributed by atoms with E-state index in [1.165, 1.54) is 0 Å². The van der Waals surface area contributed by atoms with Crippen molar-refractivity contribution in [2.24, 2.45) is 0 Å². The number of rotatable bonds is 8. The monoisotopic (exact) mass is 308 g/mol. The first-order chi connectivity index (χ1) is 8.12. The fraction of sp³-hybridized carbons (Fsp3) is 0.500. The van der Waals surface area contributed by atoms with Crippen LogP contribution in [-0.4, -0.2) is 30.2 Å². The van der Waals surface area contributed by atoms with Gasteiger partial charge in [0.1, 0.15) is 16.5 Å². The molecule has 0 N–H and O–H groups in total. The van der Waals surface area contributed by atoms with E-state index in [2.05, 4.69) is 13.2 Å². The third-order valence-electron chi connectivity index (χ3n) is 1.63. The standard InChI is InChI=1S/C12H20O3S3/c1-10(2)7-17(13)16-6-12(5)9-18(14,15)8-11(3)4/h6H,1,3,7-9H2,2,4-5H3/b12-6+. The van der Waals surface area contributed by atoms with E-state index in [4.69, 9.17) is 0 Å². The molecule has 0 spiro atoms. The lowest BCUT2D eigenvalue weighted by molar-refractivity contribution is 0.600. The third-order valence-corrected chi connectivity index (χ3v) is 6.19. The van der Waals surface area contributed by atoms with Crippen LogP contribution in [0.15, 0.2) is 35.3 Å². The zero-order valence-electron chi connectivity index (χ0n) is 11.1. The van der Waals surface area contributed by atoms with E-state index in [9.17, 15) is 13.0 Å². The van der Waals surface area contributed by atoms with E-state index in [0.717, 1.165) is 16.4 Å². The van der Waals surface area contributed by atoms with Crippen molar-refractivity contribution in [3.63, 3.8) is 0 Å². The van der Waals surface area contributed by atoms with Crippen molar-refractivity contribution >= 4 is 30.8 Å². The van der Waals surface area contributed by atoms with E-state index in [-0.39, 0.29) is 11.5 Å². The summed E-state index contributed by atoms with van der Waals surface area (Å²) in [4.78, 5) is 0. The van der Waals surface area contributed by atoms with Crippen LogP contribution in [0.25, 0.3) is 0 Å². The van der Waals surface area contributed by atoms with Gasteiger partial charge in [-0.25, -0.2) is 8.42 Å². The highest BCUT2D eigenvalue weighted by molar-refractivity contribution is 8.73. The minimum atomic E-state index is -3.15. The maximum Gasteiger partial charge on any atom is 0.157 e. The van der Waals surface area contributed by atoms with Gasteiger partial charge >= 0.3 is 0 Å². The topological polar surface area (TPSA) is 57.2 Å². The van der Waals surface area contributed by atoms with E-state index in [1.54, 1.807) is 19.3 Å². The average Bonchev–Trinajstić information content (AvgIpc) is 2.10. The molecule has 0 aromatic carbocycles. The second-order valence-electron chi connectivity index (χ2n) is 4.45. The quantitative estimate of drug-likeness (QED) is 0.393. The highest BCUT2D eigenvalue weighted by Gasteiger charge is 2.13. The Morgan fingerprint density at radius 2 is 1.78 bits per heavy atom. The number of hydrogen-bond donors (Lipinski definition) is 0. The summed E-state index contributed by atoms with van der Waals surface area (Å²) in [7, 11) is -3.10. The Kier molecular flexibility index (Phi) is 8.02. The first-order valence-corrected chi connectivity index (χ1v) is 9.86. The van der Waals surface area contributed by atoms with Gasteiger partial charge in [0.15, 0.2) is 9.84 Å². The van der Waals surface area contributed by atoms with Crippen LogP contribution in [0, 0.1) is 0 Å². The molecule has 0 aliphatic heterocycles. The maximum absolute atomic E-state index is 11.7. The minimum absolute atomic E-state index is 0.00228. The van der Waals surface area contributed by atoms with Gasteiger partial charge < -0.3 is 4.55 Å². The first-order valence-electron chi connectivity index (χ1n) is 5.32. The number of hydrogen-bond acceptors (Lipinski definition) is 4. The highest BCUT2D eigenvalue weighted by atomic mass is 33.1. The van der Waals surface area contributed by atoms with Gasteiger partial charge in [0.25, 0.3) is 0 Å². The van der Waals surface area contributed by atoms with Crippen LogP contribution < -0.4 is 0 Å². The molecule has 0 rings (SSSR count). The molecule has 0 saturated carbocycles. The van der Waals surface area contributed by atoms with Crippen LogP contribution in [-0.2, 0) is 20.0 Å². The molecule has 6 heteroatoms. The molecule has 0 saturated heterocycles. The van der Waals surface area contributed by atoms with E-state index < -0.39 is 20.0 Å². The normalized spacial score (nSPS) is 14.3. The summed E-state index contributed by atoms with van der Waals surface area (Å²) >= 11 is 0. The summed E-state index contributed by atoms with van der Waals surface area (Å²) in [5, 5.41) is 1.65. The SMILES string of the molecule is C=C(C)C[S+]([O-])S/C=C(\C)CS(=O)(=O)CC(=C)C. The van der Waals surface area contributed by atoms with Crippen molar-refractivity contribution in [2.75, 3.05) is 17.3 Å². The first kappa shape index (κ1) is 17.8. The Morgan fingerprint density at radius 3 is 2.22 bits per heavy atom. The van der Waals surface area contributed by atoms with Crippen molar-refractivity contribution in [3.8, 4) is 0 Å². The van der Waals surface area contributed by atoms with Crippen molar-refractivity contribution in [1.29, 1.82) is 0 Å². The van der Waals surface area contributed by atoms with Crippen LogP contribution >= 0.6 is 10.8 Å². The van der Waals surface area contributed by atoms with Gasteiger partial charge in [-0.15, -0.1) is 0 Å². The Morgan fingerprint density at radius 1 is 1.22 bits per heavy atom. The Balaban J connectivity index is 4.36. The van der Waals surface area contributed by atoms with E-state index in [1.807, 2.05) is 6.92 Å². The maximum atomic E-state index is 11.7. The lowest BCUT2D eigenvalue weighted by Crippen LogP contribution is -2.12. The van der Waals surface area contributed by atoms with Gasteiger partial charge in [-0.3, -0.25) is 0 Å². The Hall–Kier alpha value is -0.170. The van der Waals surface area contributed by atoms with Gasteiger partial charge in [0.2, 0.25) is 0 Å². The van der Waals surface area contributed by atoms with Crippen molar-refractivity contribution < 1.29 is 13.0 Å². The smallest absolute Gasteiger partial charge is 0.157 e. The third kappa shape index (κ3) is 9.82. The molecule has 18 heavy (non-hydrogen) atoms. The molecule has 0 radical (unpaired) electrons. The Bertz CT molecular complexity index is 435. The second kappa shape index (κ2) is 8.09. The summed E-state index contributed by atoms with van der Waals surface area (Å²) in [5.41, 5.74) is 2.17. The van der Waals surface area contributed by atoms with Gasteiger partial charge in [0, 0.05) is 15.6 Å². The molecule has 0 aromatic rings. The molecule has 0 aromatic heterocycles. The van der Waals surface area contributed by atoms with Crippen molar-refractivity contribution in [1.82, 2.24) is 0 Å². The fourth-order valence-corrected chi connectivity index (χ4v) is 5.36. The van der Waals surface area contributed by atoms with Crippen molar-refractivity contribution in [3.05, 3.63) is 35.3 Å². The summed E-state index contributed by atoms with van der Waals surface area (Å²) in [6.07, 6.45) is 0. The van der Waals surface area contributed by atoms with E-state index in [0.29, 0.717) is 16.9 Å². The van der Waals surface area contributed by atoms with Gasteiger partial charge in [-0.05, 0) is 31.9 Å². The molecule has 3 nitrogen and oxygen atoms in total. The zero-order chi connectivity index (χ0) is 14.3. The Labute approximate surface area is 117 Å². The van der Waals surface area contributed by atoms with E-state index >= 15 is 0 Å². The molecule has 0 heterocycles. The molecule has 0 bridgehead atoms. The van der Waals surface area contributed by atoms with Gasteiger partial charge in [-0.2, -0.15) is 0 Å². The summed E-state index contributed by atoms with van der Waals surface area (Å²) < 4.78 is 34.9. The van der Waals surface area contributed by atoms with Crippen LogP contribution in [0.1, 0.15) is 20.8 Å².